The highest BCUT2D eigenvalue weighted by molar-refractivity contribution is 5.89. The summed E-state index contributed by atoms with van der Waals surface area (Å²) < 4.78 is 11.2. The normalized spacial score (nSPS) is 12.1. The molecule has 0 saturated carbocycles. The zero-order valence-electron chi connectivity index (χ0n) is 15.8. The van der Waals surface area contributed by atoms with Crippen molar-refractivity contribution in [2.45, 2.75) is 77.7 Å². The molecule has 0 heterocycles. The molecule has 1 aromatic rings. The number of benzene rings is 1. The molecule has 1 rings (SSSR count). The first kappa shape index (κ1) is 21.5. The third-order valence-electron chi connectivity index (χ3n) is 4.29. The van der Waals surface area contributed by atoms with Crippen LogP contribution in [0.15, 0.2) is 24.3 Å². The minimum atomic E-state index is -0.333. The molecule has 0 amide bonds. The Morgan fingerprint density at radius 2 is 1.60 bits per heavy atom. The molecule has 1 aromatic carbocycles. The Hall–Kier alpha value is -1.55. The van der Waals surface area contributed by atoms with E-state index in [1.165, 1.54) is 44.2 Å². The summed E-state index contributed by atoms with van der Waals surface area (Å²) >= 11 is 0. The molecule has 1 unspecified atom stereocenters. The number of phenols is 1. The number of ether oxygens (including phenoxy) is 2. The molecule has 25 heavy (non-hydrogen) atoms. The van der Waals surface area contributed by atoms with Gasteiger partial charge in [-0.15, -0.1) is 0 Å². The molecule has 0 saturated heterocycles. The number of aromatic hydroxyl groups is 1. The molecule has 0 spiro atoms. The van der Waals surface area contributed by atoms with Gasteiger partial charge in [-0.05, 0) is 49.9 Å². The molecule has 4 heteroatoms. The van der Waals surface area contributed by atoms with Crippen molar-refractivity contribution in [3.8, 4) is 5.75 Å². The largest absolute Gasteiger partial charge is 0.508 e. The molecule has 0 bridgehead atoms. The van der Waals surface area contributed by atoms with E-state index in [4.69, 9.17) is 9.47 Å². The third-order valence-corrected chi connectivity index (χ3v) is 4.29. The molecule has 0 radical (unpaired) electrons. The van der Waals surface area contributed by atoms with Crippen molar-refractivity contribution in [2.75, 3.05) is 13.2 Å². The van der Waals surface area contributed by atoms with Gasteiger partial charge in [0.15, 0.2) is 0 Å². The smallest absolute Gasteiger partial charge is 0.338 e. The average Bonchev–Trinajstić information content (AvgIpc) is 2.62. The van der Waals surface area contributed by atoms with Crippen molar-refractivity contribution < 1.29 is 19.4 Å². The van der Waals surface area contributed by atoms with Gasteiger partial charge in [-0.2, -0.15) is 0 Å². The van der Waals surface area contributed by atoms with Crippen LogP contribution < -0.4 is 0 Å². The van der Waals surface area contributed by atoms with Crippen molar-refractivity contribution in [1.82, 2.24) is 0 Å². The van der Waals surface area contributed by atoms with Gasteiger partial charge >= 0.3 is 5.97 Å². The number of hydrogen-bond donors (Lipinski definition) is 1. The molecule has 0 aliphatic carbocycles. The van der Waals surface area contributed by atoms with Crippen molar-refractivity contribution in [3.05, 3.63) is 29.8 Å². The first-order valence-electron chi connectivity index (χ1n) is 9.75. The first-order valence-corrected chi connectivity index (χ1v) is 9.75. The maximum Gasteiger partial charge on any atom is 0.338 e. The van der Waals surface area contributed by atoms with Crippen LogP contribution in [-0.4, -0.2) is 30.4 Å². The molecule has 0 fully saturated rings. The summed E-state index contributed by atoms with van der Waals surface area (Å²) in [4.78, 5) is 12.1. The highest BCUT2D eigenvalue weighted by Gasteiger charge is 2.14. The Morgan fingerprint density at radius 1 is 0.960 bits per heavy atom. The SMILES string of the molecule is CCCCCCCCOCCCC(CC)OC(=O)c1ccc(O)cc1. The van der Waals surface area contributed by atoms with Gasteiger partial charge in [0.25, 0.3) is 0 Å². The van der Waals surface area contributed by atoms with Crippen molar-refractivity contribution >= 4 is 5.97 Å². The molecule has 0 aromatic heterocycles. The minimum Gasteiger partial charge on any atom is -0.508 e. The standard InChI is InChI=1S/C21H34O4/c1-3-5-6-7-8-9-16-24-17-10-11-20(4-2)25-21(23)18-12-14-19(22)15-13-18/h12-15,20,22H,3-11,16-17H2,1-2H3. The van der Waals surface area contributed by atoms with Crippen LogP contribution in [0, 0.1) is 0 Å². The summed E-state index contributed by atoms with van der Waals surface area (Å²) in [5.74, 6) is -0.189. The number of rotatable bonds is 14. The Bertz CT molecular complexity index is 455. The summed E-state index contributed by atoms with van der Waals surface area (Å²) in [5, 5.41) is 9.26. The molecule has 1 atom stereocenters. The maximum atomic E-state index is 12.1. The summed E-state index contributed by atoms with van der Waals surface area (Å²) in [7, 11) is 0. The van der Waals surface area contributed by atoms with E-state index in [2.05, 4.69) is 6.92 Å². The number of hydrogen-bond acceptors (Lipinski definition) is 4. The lowest BCUT2D eigenvalue weighted by atomic mass is 10.1. The monoisotopic (exact) mass is 350 g/mol. The van der Waals surface area contributed by atoms with Crippen LogP contribution in [0.4, 0.5) is 0 Å². The quantitative estimate of drug-likeness (QED) is 0.356. The fourth-order valence-corrected chi connectivity index (χ4v) is 2.66. The number of carbonyl (C=O) groups is 1. The Kier molecular flexibility index (Phi) is 11.8. The lowest BCUT2D eigenvalue weighted by molar-refractivity contribution is 0.0239. The van der Waals surface area contributed by atoms with E-state index in [-0.39, 0.29) is 17.8 Å². The van der Waals surface area contributed by atoms with Crippen LogP contribution in [0.25, 0.3) is 0 Å². The number of carbonyl (C=O) groups excluding carboxylic acids is 1. The van der Waals surface area contributed by atoms with Crippen LogP contribution in [0.3, 0.4) is 0 Å². The fraction of sp³-hybridized carbons (Fsp3) is 0.667. The van der Waals surface area contributed by atoms with Crippen LogP contribution in [0.2, 0.25) is 0 Å². The van der Waals surface area contributed by atoms with E-state index >= 15 is 0 Å². The van der Waals surface area contributed by atoms with E-state index < -0.39 is 0 Å². The van der Waals surface area contributed by atoms with Gasteiger partial charge in [-0.3, -0.25) is 0 Å². The Labute approximate surface area is 152 Å². The average molecular weight is 350 g/mol. The van der Waals surface area contributed by atoms with Crippen LogP contribution in [0.5, 0.6) is 5.75 Å². The second-order valence-corrected chi connectivity index (χ2v) is 6.50. The fourth-order valence-electron chi connectivity index (χ4n) is 2.66. The number of esters is 1. The van der Waals surface area contributed by atoms with Crippen LogP contribution in [-0.2, 0) is 9.47 Å². The Balaban J connectivity index is 2.09. The van der Waals surface area contributed by atoms with Crippen molar-refractivity contribution in [2.24, 2.45) is 0 Å². The highest BCUT2D eigenvalue weighted by atomic mass is 16.5. The predicted octanol–water partition coefficient (Wildman–Crippen LogP) is 5.48. The van der Waals surface area contributed by atoms with Crippen LogP contribution >= 0.6 is 0 Å². The van der Waals surface area contributed by atoms with Gasteiger partial charge in [0.2, 0.25) is 0 Å². The maximum absolute atomic E-state index is 12.1. The molecule has 4 nitrogen and oxygen atoms in total. The van der Waals surface area contributed by atoms with Crippen LogP contribution in [0.1, 0.15) is 82.0 Å². The van der Waals surface area contributed by atoms with E-state index in [0.29, 0.717) is 5.56 Å². The summed E-state index contributed by atoms with van der Waals surface area (Å²) in [6.45, 7) is 5.80. The van der Waals surface area contributed by atoms with Gasteiger partial charge in [0.1, 0.15) is 11.9 Å². The Morgan fingerprint density at radius 3 is 2.28 bits per heavy atom. The summed E-state index contributed by atoms with van der Waals surface area (Å²) in [6.07, 6.45) is 10.1. The number of unbranched alkanes of at least 4 members (excludes halogenated alkanes) is 5. The van der Waals surface area contributed by atoms with Gasteiger partial charge in [0.05, 0.1) is 5.56 Å². The molecule has 0 aliphatic heterocycles. The van der Waals surface area contributed by atoms with E-state index in [1.807, 2.05) is 6.92 Å². The van der Waals surface area contributed by atoms with Gasteiger partial charge in [-0.25, -0.2) is 4.79 Å². The molecule has 142 valence electrons. The van der Waals surface area contributed by atoms with Gasteiger partial charge < -0.3 is 14.6 Å². The topological polar surface area (TPSA) is 55.8 Å². The zero-order chi connectivity index (χ0) is 18.3. The molecular formula is C21H34O4. The van der Waals surface area contributed by atoms with E-state index in [9.17, 15) is 9.90 Å². The highest BCUT2D eigenvalue weighted by Crippen LogP contribution is 2.14. The van der Waals surface area contributed by atoms with Gasteiger partial charge in [0, 0.05) is 13.2 Å². The lowest BCUT2D eigenvalue weighted by Crippen LogP contribution is -2.18. The minimum absolute atomic E-state index is 0.0843. The second-order valence-electron chi connectivity index (χ2n) is 6.50. The second kappa shape index (κ2) is 13.7. The zero-order valence-corrected chi connectivity index (χ0v) is 15.8. The number of phenolic OH excluding ortho intramolecular Hbond substituents is 1. The van der Waals surface area contributed by atoms with Gasteiger partial charge in [-0.1, -0.05) is 46.0 Å². The summed E-state index contributed by atoms with van der Waals surface area (Å²) in [5.41, 5.74) is 0.468. The lowest BCUT2D eigenvalue weighted by Gasteiger charge is -2.16. The van der Waals surface area contributed by atoms with E-state index in [1.54, 1.807) is 12.1 Å². The first-order chi connectivity index (χ1) is 12.2. The third kappa shape index (κ3) is 10.1. The molecular weight excluding hydrogens is 316 g/mol. The molecule has 1 N–H and O–H groups in total. The summed E-state index contributed by atoms with van der Waals surface area (Å²) in [6, 6.07) is 6.14. The molecule has 0 aliphatic rings. The van der Waals surface area contributed by atoms with Crippen molar-refractivity contribution in [3.63, 3.8) is 0 Å². The van der Waals surface area contributed by atoms with Crippen molar-refractivity contribution in [1.29, 1.82) is 0 Å². The van der Waals surface area contributed by atoms with E-state index in [0.717, 1.165) is 38.9 Å². The predicted molar refractivity (Wildman–Crippen MR) is 101 cm³/mol.